The van der Waals surface area contributed by atoms with Crippen LogP contribution in [0.25, 0.3) is 10.7 Å². The third-order valence-electron chi connectivity index (χ3n) is 4.45. The Morgan fingerprint density at radius 1 is 1.16 bits per heavy atom. The molecule has 1 amide bonds. The predicted octanol–water partition coefficient (Wildman–Crippen LogP) is 3.14. The number of primary amides is 1. The fourth-order valence-electron chi connectivity index (χ4n) is 3.21. The molecule has 0 aromatic carbocycles. The Labute approximate surface area is 148 Å². The van der Waals surface area contributed by atoms with Gasteiger partial charge in [0.05, 0.1) is 22.0 Å². The maximum absolute atomic E-state index is 13.9. The number of hydrogen-bond acceptors (Lipinski definition) is 3. The van der Waals surface area contributed by atoms with Crippen LogP contribution in [0.3, 0.4) is 0 Å². The molecule has 0 atom stereocenters. The van der Waals surface area contributed by atoms with Crippen molar-refractivity contribution < 1.29 is 13.6 Å². The van der Waals surface area contributed by atoms with Gasteiger partial charge in [0.25, 0.3) is 5.91 Å². The zero-order valence-corrected chi connectivity index (χ0v) is 15.2. The Morgan fingerprint density at radius 3 is 2.16 bits per heavy atom. The van der Waals surface area contributed by atoms with Gasteiger partial charge in [-0.2, -0.15) is 0 Å². The Bertz CT molecular complexity index is 890. The first-order valence-corrected chi connectivity index (χ1v) is 8.06. The normalized spacial score (nSPS) is 17.7. The maximum Gasteiger partial charge on any atom is 0.254 e. The van der Waals surface area contributed by atoms with Crippen LogP contribution in [0.4, 0.5) is 8.78 Å². The third-order valence-corrected chi connectivity index (χ3v) is 4.89. The molecule has 0 saturated heterocycles. The van der Waals surface area contributed by atoms with Crippen molar-refractivity contribution in [3.8, 4) is 0 Å². The highest BCUT2D eigenvalue weighted by Gasteiger charge is 2.38. The first-order valence-electron chi connectivity index (χ1n) is 7.68. The van der Waals surface area contributed by atoms with Crippen LogP contribution in [-0.2, 0) is 12.0 Å². The summed E-state index contributed by atoms with van der Waals surface area (Å²) in [6.45, 7) is 5.86. The van der Waals surface area contributed by atoms with Gasteiger partial charge in [-0.15, -0.1) is 0 Å². The van der Waals surface area contributed by atoms with E-state index in [2.05, 4.69) is 0 Å². The highest BCUT2D eigenvalue weighted by atomic mass is 35.5. The second-order valence-electron chi connectivity index (χ2n) is 6.68. The zero-order valence-electron chi connectivity index (χ0n) is 14.5. The number of hydrogen-bond donors (Lipinski definition) is 2. The molecule has 0 radical (unpaired) electrons. The molecule has 0 saturated carbocycles. The van der Waals surface area contributed by atoms with Crippen molar-refractivity contribution in [2.45, 2.75) is 46.1 Å². The highest BCUT2D eigenvalue weighted by Crippen LogP contribution is 2.40. The van der Waals surface area contributed by atoms with E-state index in [9.17, 15) is 18.4 Å². The summed E-state index contributed by atoms with van der Waals surface area (Å²) in [6.07, 6.45) is 0.943. The topological polar surface area (TPSA) is 91.1 Å². The number of nitrogens with zero attached hydrogens (tertiary/aromatic N) is 1. The van der Waals surface area contributed by atoms with Crippen LogP contribution >= 0.6 is 11.6 Å². The lowest BCUT2D eigenvalue weighted by Gasteiger charge is -2.29. The number of carbonyl (C=O) groups excluding carboxylic acids is 1. The summed E-state index contributed by atoms with van der Waals surface area (Å²) in [5.74, 6) is -2.54. The van der Waals surface area contributed by atoms with E-state index in [1.165, 1.54) is 0 Å². The molecule has 0 unspecified atom stereocenters. The van der Waals surface area contributed by atoms with Crippen molar-refractivity contribution in [1.29, 1.82) is 0 Å². The van der Waals surface area contributed by atoms with E-state index in [1.54, 1.807) is 4.57 Å². The van der Waals surface area contributed by atoms with Gasteiger partial charge < -0.3 is 16.0 Å². The van der Waals surface area contributed by atoms with Crippen LogP contribution in [0.5, 0.6) is 0 Å². The molecule has 0 aliphatic carbocycles. The molecule has 1 aromatic heterocycles. The third kappa shape index (κ3) is 2.97. The van der Waals surface area contributed by atoms with Crippen LogP contribution in [0.1, 0.15) is 61.4 Å². The van der Waals surface area contributed by atoms with E-state index in [0.29, 0.717) is 18.5 Å². The highest BCUT2D eigenvalue weighted by molar-refractivity contribution is 6.49. The molecule has 8 heteroatoms. The van der Waals surface area contributed by atoms with Crippen molar-refractivity contribution in [1.82, 2.24) is 4.57 Å². The largest absolute Gasteiger partial charge is 0.396 e. The average molecular weight is 372 g/mol. The molecular weight excluding hydrogens is 352 g/mol. The molecular formula is C17H20ClF2N3O2. The van der Waals surface area contributed by atoms with E-state index in [0.717, 1.165) is 13.8 Å². The van der Waals surface area contributed by atoms with E-state index >= 15 is 0 Å². The van der Waals surface area contributed by atoms with Crippen molar-refractivity contribution >= 4 is 28.2 Å². The van der Waals surface area contributed by atoms with E-state index in [1.807, 2.05) is 13.8 Å². The lowest BCUT2D eigenvalue weighted by Crippen LogP contribution is -2.35. The minimum absolute atomic E-state index is 0.0383. The monoisotopic (exact) mass is 371 g/mol. The SMILES string of the molecule is C/C(F)=C(/N)c1c(/C(Cl)=C(\C)F)n2c(c(C(N)=O)c1=O)CCC2(C)C. The Balaban J connectivity index is 3.21. The fourth-order valence-corrected chi connectivity index (χ4v) is 3.39. The second kappa shape index (κ2) is 6.29. The summed E-state index contributed by atoms with van der Waals surface area (Å²) in [4.78, 5) is 24.8. The number of allylic oxidation sites excluding steroid dienone is 2. The summed E-state index contributed by atoms with van der Waals surface area (Å²) >= 11 is 6.14. The Kier molecular flexibility index (Phi) is 4.83. The smallest absolute Gasteiger partial charge is 0.254 e. The number of nitrogens with two attached hydrogens (primary N) is 2. The molecule has 1 aliphatic heterocycles. The molecule has 25 heavy (non-hydrogen) atoms. The number of aromatic nitrogens is 1. The van der Waals surface area contributed by atoms with Gasteiger partial charge in [-0.3, -0.25) is 9.59 Å². The van der Waals surface area contributed by atoms with Gasteiger partial charge in [0.1, 0.15) is 17.2 Å². The second-order valence-corrected chi connectivity index (χ2v) is 7.06. The van der Waals surface area contributed by atoms with Gasteiger partial charge in [-0.1, -0.05) is 11.6 Å². The first kappa shape index (κ1) is 19.2. The minimum atomic E-state index is -0.944. The molecule has 0 spiro atoms. The molecule has 1 aliphatic rings. The van der Waals surface area contributed by atoms with Gasteiger partial charge in [0, 0.05) is 11.2 Å². The zero-order chi connectivity index (χ0) is 19.3. The summed E-state index contributed by atoms with van der Waals surface area (Å²) in [5.41, 5.74) is 8.90. The van der Waals surface area contributed by atoms with Crippen molar-refractivity contribution in [2.75, 3.05) is 0 Å². The van der Waals surface area contributed by atoms with Gasteiger partial charge in [-0.05, 0) is 40.5 Å². The molecule has 0 bridgehead atoms. The van der Waals surface area contributed by atoms with E-state index in [4.69, 9.17) is 23.1 Å². The van der Waals surface area contributed by atoms with Crippen molar-refractivity contribution in [3.63, 3.8) is 0 Å². The number of amides is 1. The van der Waals surface area contributed by atoms with Gasteiger partial charge in [0.15, 0.2) is 0 Å². The quantitative estimate of drug-likeness (QED) is 0.855. The minimum Gasteiger partial charge on any atom is -0.396 e. The molecule has 1 aromatic rings. The Hall–Kier alpha value is -2.15. The first-order chi connectivity index (χ1) is 11.4. The number of fused-ring (bicyclic) bond motifs is 1. The number of rotatable bonds is 3. The van der Waals surface area contributed by atoms with E-state index in [-0.39, 0.29) is 21.9 Å². The summed E-state index contributed by atoms with van der Waals surface area (Å²) in [5, 5.41) is -0.358. The molecule has 2 rings (SSSR count). The average Bonchev–Trinajstić information content (AvgIpc) is 2.79. The van der Waals surface area contributed by atoms with Gasteiger partial charge >= 0.3 is 0 Å². The number of halogens is 3. The van der Waals surface area contributed by atoms with Crippen molar-refractivity contribution in [2.24, 2.45) is 11.5 Å². The fraction of sp³-hybridized carbons (Fsp3) is 0.412. The maximum atomic E-state index is 13.9. The number of pyridine rings is 1. The predicted molar refractivity (Wildman–Crippen MR) is 94.3 cm³/mol. The lowest BCUT2D eigenvalue weighted by atomic mass is 9.99. The van der Waals surface area contributed by atoms with Crippen LogP contribution in [0.15, 0.2) is 16.4 Å². The lowest BCUT2D eigenvalue weighted by molar-refractivity contribution is 0.0997. The van der Waals surface area contributed by atoms with Gasteiger partial charge in [0.2, 0.25) is 5.43 Å². The molecule has 0 fully saturated rings. The van der Waals surface area contributed by atoms with Crippen LogP contribution in [0.2, 0.25) is 0 Å². The Morgan fingerprint density at radius 2 is 1.72 bits per heavy atom. The molecule has 5 nitrogen and oxygen atoms in total. The number of carbonyl (C=O) groups is 1. The van der Waals surface area contributed by atoms with Gasteiger partial charge in [-0.25, -0.2) is 8.78 Å². The molecule has 4 N–H and O–H groups in total. The van der Waals surface area contributed by atoms with E-state index < -0.39 is 34.2 Å². The van der Waals surface area contributed by atoms with Crippen LogP contribution in [-0.4, -0.2) is 10.5 Å². The van der Waals surface area contributed by atoms with Crippen LogP contribution < -0.4 is 16.9 Å². The molecule has 136 valence electrons. The summed E-state index contributed by atoms with van der Waals surface area (Å²) < 4.78 is 29.3. The summed E-state index contributed by atoms with van der Waals surface area (Å²) in [7, 11) is 0. The van der Waals surface area contributed by atoms with Crippen molar-refractivity contribution in [3.05, 3.63) is 44.4 Å². The summed E-state index contributed by atoms with van der Waals surface area (Å²) in [6, 6.07) is 0. The molecule has 2 heterocycles. The standard InChI is InChI=1S/C17H20ClF2N3O2/c1-7(19)12(18)14-11(13(21)8(2)20)15(24)10(16(22)25)9-5-6-17(3,4)23(9)14/h5-6,21H2,1-4H3,(H2,22,25)/b12-7-,13-8-. The van der Waals surface area contributed by atoms with Crippen LogP contribution in [0, 0.1) is 0 Å².